The number of rotatable bonds is 4. The Morgan fingerprint density at radius 2 is 1.52 bits per heavy atom. The van der Waals surface area contributed by atoms with Crippen LogP contribution in [0.5, 0.6) is 0 Å². The van der Waals surface area contributed by atoms with Gasteiger partial charge in [0.1, 0.15) is 0 Å². The molecular weight excluding hydrogens is 346 g/mol. The Balaban J connectivity index is 1.58. The largest absolute Gasteiger partial charge is 0.481 e. The zero-order valence-electron chi connectivity index (χ0n) is 14.7. The fraction of sp³-hybridized carbons (Fsp3) is 0.250. The molecule has 7 nitrogen and oxygen atoms in total. The minimum atomic E-state index is -0.808. The zero-order valence-corrected chi connectivity index (χ0v) is 14.7. The van der Waals surface area contributed by atoms with Crippen molar-refractivity contribution in [3.8, 4) is 0 Å². The SMILES string of the molecule is O=C(Nc1cccc(NC(=O)N2CCC(C(=O)O)CC2)c1)c1ccccc1. The van der Waals surface area contributed by atoms with Gasteiger partial charge in [0, 0.05) is 30.0 Å². The summed E-state index contributed by atoms with van der Waals surface area (Å²) >= 11 is 0. The van der Waals surface area contributed by atoms with Gasteiger partial charge >= 0.3 is 12.0 Å². The Morgan fingerprint density at radius 3 is 2.15 bits per heavy atom. The summed E-state index contributed by atoms with van der Waals surface area (Å²) in [5.41, 5.74) is 1.69. The number of hydrogen-bond donors (Lipinski definition) is 3. The summed E-state index contributed by atoms with van der Waals surface area (Å²) in [5.74, 6) is -1.42. The molecule has 1 aliphatic rings. The average molecular weight is 367 g/mol. The smallest absolute Gasteiger partial charge is 0.321 e. The Kier molecular flexibility index (Phi) is 5.71. The van der Waals surface area contributed by atoms with E-state index in [9.17, 15) is 14.4 Å². The van der Waals surface area contributed by atoms with Crippen LogP contribution in [-0.2, 0) is 4.79 Å². The molecule has 1 fully saturated rings. The summed E-state index contributed by atoms with van der Waals surface area (Å²) in [5, 5.41) is 14.6. The molecule has 2 aromatic carbocycles. The molecule has 0 aromatic heterocycles. The number of carbonyl (C=O) groups is 3. The highest BCUT2D eigenvalue weighted by Crippen LogP contribution is 2.20. The van der Waals surface area contributed by atoms with Gasteiger partial charge in [-0.2, -0.15) is 0 Å². The molecule has 7 heteroatoms. The monoisotopic (exact) mass is 367 g/mol. The molecule has 0 radical (unpaired) electrons. The minimum Gasteiger partial charge on any atom is -0.481 e. The van der Waals surface area contributed by atoms with Crippen LogP contribution in [0.2, 0.25) is 0 Å². The van der Waals surface area contributed by atoms with E-state index in [0.717, 1.165) is 0 Å². The van der Waals surface area contributed by atoms with Crippen molar-refractivity contribution in [1.29, 1.82) is 0 Å². The number of carboxylic acid groups (broad SMARTS) is 1. The summed E-state index contributed by atoms with van der Waals surface area (Å²) in [6, 6.07) is 15.5. The van der Waals surface area contributed by atoms with Crippen LogP contribution < -0.4 is 10.6 Å². The van der Waals surface area contributed by atoms with Crippen LogP contribution in [0.1, 0.15) is 23.2 Å². The van der Waals surface area contributed by atoms with Gasteiger partial charge in [-0.3, -0.25) is 9.59 Å². The van der Waals surface area contributed by atoms with Gasteiger partial charge in [0.2, 0.25) is 0 Å². The van der Waals surface area contributed by atoms with Crippen molar-refractivity contribution in [2.24, 2.45) is 5.92 Å². The van der Waals surface area contributed by atoms with Crippen LogP contribution >= 0.6 is 0 Å². The summed E-state index contributed by atoms with van der Waals surface area (Å²) in [4.78, 5) is 37.2. The molecule has 1 saturated heterocycles. The number of anilines is 2. The number of urea groups is 1. The molecule has 3 rings (SSSR count). The molecule has 3 amide bonds. The molecule has 0 spiro atoms. The Morgan fingerprint density at radius 1 is 0.889 bits per heavy atom. The molecular formula is C20H21N3O4. The third-order valence-electron chi connectivity index (χ3n) is 4.54. The van der Waals surface area contributed by atoms with Gasteiger partial charge in [-0.05, 0) is 43.2 Å². The Bertz CT molecular complexity index is 830. The number of benzene rings is 2. The van der Waals surface area contributed by atoms with Crippen molar-refractivity contribution in [3.05, 3.63) is 60.2 Å². The predicted octanol–water partition coefficient (Wildman–Crippen LogP) is 3.27. The van der Waals surface area contributed by atoms with Crippen molar-refractivity contribution < 1.29 is 19.5 Å². The van der Waals surface area contributed by atoms with Gasteiger partial charge in [0.25, 0.3) is 5.91 Å². The highest BCUT2D eigenvalue weighted by Gasteiger charge is 2.26. The average Bonchev–Trinajstić information content (AvgIpc) is 2.69. The van der Waals surface area contributed by atoms with Crippen molar-refractivity contribution >= 4 is 29.3 Å². The van der Waals surface area contributed by atoms with E-state index >= 15 is 0 Å². The number of nitrogens with zero attached hydrogens (tertiary/aromatic N) is 1. The first-order chi connectivity index (χ1) is 13.0. The maximum absolute atomic E-state index is 12.4. The van der Waals surface area contributed by atoms with Crippen LogP contribution in [0.25, 0.3) is 0 Å². The second-order valence-corrected chi connectivity index (χ2v) is 6.43. The first-order valence-corrected chi connectivity index (χ1v) is 8.78. The van der Waals surface area contributed by atoms with Gasteiger partial charge in [0.15, 0.2) is 0 Å². The number of hydrogen-bond acceptors (Lipinski definition) is 3. The molecule has 27 heavy (non-hydrogen) atoms. The molecule has 1 heterocycles. The van der Waals surface area contributed by atoms with Crippen molar-refractivity contribution in [2.45, 2.75) is 12.8 Å². The molecule has 0 bridgehead atoms. The minimum absolute atomic E-state index is 0.227. The molecule has 0 atom stereocenters. The van der Waals surface area contributed by atoms with E-state index in [2.05, 4.69) is 10.6 Å². The molecule has 1 aliphatic heterocycles. The summed E-state index contributed by atoms with van der Waals surface area (Å²) in [6.45, 7) is 0.820. The van der Waals surface area contributed by atoms with E-state index < -0.39 is 5.97 Å². The van der Waals surface area contributed by atoms with E-state index in [-0.39, 0.29) is 17.9 Å². The van der Waals surface area contributed by atoms with Crippen molar-refractivity contribution in [1.82, 2.24) is 4.90 Å². The topological polar surface area (TPSA) is 98.7 Å². The Labute approximate surface area is 157 Å². The summed E-state index contributed by atoms with van der Waals surface area (Å²) < 4.78 is 0. The van der Waals surface area contributed by atoms with Crippen molar-refractivity contribution in [2.75, 3.05) is 23.7 Å². The van der Waals surface area contributed by atoms with Crippen LogP contribution in [0, 0.1) is 5.92 Å². The quantitative estimate of drug-likeness (QED) is 0.772. The molecule has 0 aliphatic carbocycles. The number of aliphatic carboxylic acids is 1. The van der Waals surface area contributed by atoms with Gasteiger partial charge in [-0.15, -0.1) is 0 Å². The van der Waals surface area contributed by atoms with E-state index in [4.69, 9.17) is 5.11 Å². The van der Waals surface area contributed by atoms with Crippen LogP contribution in [-0.4, -0.2) is 41.0 Å². The van der Waals surface area contributed by atoms with E-state index in [0.29, 0.717) is 42.9 Å². The molecule has 0 unspecified atom stereocenters. The third-order valence-corrected chi connectivity index (χ3v) is 4.54. The lowest BCUT2D eigenvalue weighted by molar-refractivity contribution is -0.143. The van der Waals surface area contributed by atoms with Gasteiger partial charge in [-0.25, -0.2) is 4.79 Å². The van der Waals surface area contributed by atoms with E-state index in [1.807, 2.05) is 6.07 Å². The normalized spacial score (nSPS) is 14.4. The molecule has 140 valence electrons. The summed E-state index contributed by atoms with van der Waals surface area (Å²) in [6.07, 6.45) is 0.909. The second-order valence-electron chi connectivity index (χ2n) is 6.43. The maximum atomic E-state index is 12.4. The fourth-order valence-electron chi connectivity index (χ4n) is 3.00. The van der Waals surface area contributed by atoms with E-state index in [1.165, 1.54) is 0 Å². The molecule has 0 saturated carbocycles. The van der Waals surface area contributed by atoms with Crippen molar-refractivity contribution in [3.63, 3.8) is 0 Å². The molecule has 3 N–H and O–H groups in total. The van der Waals surface area contributed by atoms with Gasteiger partial charge < -0.3 is 20.6 Å². The van der Waals surface area contributed by atoms with Gasteiger partial charge in [-0.1, -0.05) is 24.3 Å². The summed E-state index contributed by atoms with van der Waals surface area (Å²) in [7, 11) is 0. The lowest BCUT2D eigenvalue weighted by Gasteiger charge is -2.30. The van der Waals surface area contributed by atoms with Crippen LogP contribution in [0.15, 0.2) is 54.6 Å². The first-order valence-electron chi connectivity index (χ1n) is 8.78. The number of carbonyl (C=O) groups excluding carboxylic acids is 2. The Hall–Kier alpha value is -3.35. The number of nitrogens with one attached hydrogen (secondary N) is 2. The van der Waals surface area contributed by atoms with Crippen LogP contribution in [0.4, 0.5) is 16.2 Å². The number of carboxylic acids is 1. The highest BCUT2D eigenvalue weighted by molar-refractivity contribution is 6.04. The number of likely N-dealkylation sites (tertiary alicyclic amines) is 1. The predicted molar refractivity (Wildman–Crippen MR) is 102 cm³/mol. The lowest BCUT2D eigenvalue weighted by Crippen LogP contribution is -2.42. The first kappa shape index (κ1) is 18.4. The maximum Gasteiger partial charge on any atom is 0.321 e. The number of piperidine rings is 1. The standard InChI is InChI=1S/C20H21N3O4/c24-18(14-5-2-1-3-6-14)21-16-7-4-8-17(13-16)22-20(27)23-11-9-15(10-12-23)19(25)26/h1-8,13,15H,9-12H2,(H,21,24)(H,22,27)(H,25,26). The second kappa shape index (κ2) is 8.35. The molecule has 2 aromatic rings. The lowest BCUT2D eigenvalue weighted by atomic mass is 9.97. The van der Waals surface area contributed by atoms with E-state index in [1.54, 1.807) is 53.4 Å². The third kappa shape index (κ3) is 4.84. The fourth-order valence-corrected chi connectivity index (χ4v) is 3.00. The van der Waals surface area contributed by atoms with Gasteiger partial charge in [0.05, 0.1) is 5.92 Å². The zero-order chi connectivity index (χ0) is 19.2. The number of amides is 3. The van der Waals surface area contributed by atoms with Crippen LogP contribution in [0.3, 0.4) is 0 Å². The highest BCUT2D eigenvalue weighted by atomic mass is 16.4.